The van der Waals surface area contributed by atoms with Crippen LogP contribution in [0.2, 0.25) is 0 Å². The molecule has 18 heavy (non-hydrogen) atoms. The first-order chi connectivity index (χ1) is 8.49. The van der Waals surface area contributed by atoms with Gasteiger partial charge in [0.2, 0.25) is 0 Å². The number of nitrogens with zero attached hydrogens (tertiary/aromatic N) is 1. The topological polar surface area (TPSA) is 30.9 Å². The Balaban J connectivity index is 2.08. The maximum Gasteiger partial charge on any atom is 0.416 e. The van der Waals surface area contributed by atoms with Crippen molar-refractivity contribution < 1.29 is 13.2 Å². The van der Waals surface area contributed by atoms with E-state index >= 15 is 0 Å². The molecule has 0 amide bonds. The highest BCUT2D eigenvalue weighted by Crippen LogP contribution is 2.34. The zero-order valence-electron chi connectivity index (χ0n) is 9.67. The Bertz CT molecular complexity index is 598. The van der Waals surface area contributed by atoms with Crippen molar-refractivity contribution in [3.05, 3.63) is 35.5 Å². The molecule has 96 valence electrons. The van der Waals surface area contributed by atoms with Crippen molar-refractivity contribution in [3.8, 4) is 0 Å². The van der Waals surface area contributed by atoms with Crippen LogP contribution in [-0.4, -0.2) is 11.1 Å². The number of nitrogens with two attached hydrogens (primary N) is 1. The third kappa shape index (κ3) is 1.70. The summed E-state index contributed by atoms with van der Waals surface area (Å²) in [6.07, 6.45) is -3.42. The molecular weight excluding hydrogens is 241 g/mol. The average molecular weight is 254 g/mol. The Kier molecular flexibility index (Phi) is 2.41. The lowest BCUT2D eigenvalue weighted by molar-refractivity contribution is -0.137. The largest absolute Gasteiger partial charge is 0.416 e. The predicted octanol–water partition coefficient (Wildman–Crippen LogP) is 2.79. The van der Waals surface area contributed by atoms with E-state index in [1.165, 1.54) is 6.07 Å². The van der Waals surface area contributed by atoms with Gasteiger partial charge in [-0.15, -0.1) is 0 Å². The summed E-state index contributed by atoms with van der Waals surface area (Å²) in [6.45, 7) is 1.42. The average Bonchev–Trinajstić information content (AvgIpc) is 2.83. The molecule has 2 N–H and O–H groups in total. The normalized spacial score (nSPS) is 19.4. The Hall–Kier alpha value is -1.49. The number of alkyl halides is 3. The number of rotatable bonds is 1. The third-order valence-electron chi connectivity index (χ3n) is 3.59. The van der Waals surface area contributed by atoms with Gasteiger partial charge in [0.05, 0.1) is 5.56 Å². The van der Waals surface area contributed by atoms with Crippen LogP contribution in [-0.2, 0) is 19.1 Å². The van der Waals surface area contributed by atoms with Crippen molar-refractivity contribution in [2.75, 3.05) is 6.54 Å². The van der Waals surface area contributed by atoms with Gasteiger partial charge in [-0.05, 0) is 43.1 Å². The lowest BCUT2D eigenvalue weighted by atomic mass is 10.1. The number of halogens is 3. The molecule has 0 radical (unpaired) electrons. The number of hydrogen-bond donors (Lipinski definition) is 1. The molecule has 3 rings (SSSR count). The molecule has 1 aromatic heterocycles. The molecule has 2 aromatic rings. The molecule has 0 bridgehead atoms. The van der Waals surface area contributed by atoms with Gasteiger partial charge < -0.3 is 10.3 Å². The van der Waals surface area contributed by atoms with Gasteiger partial charge >= 0.3 is 6.18 Å². The second-order valence-corrected chi connectivity index (χ2v) is 4.82. The molecule has 0 saturated heterocycles. The van der Waals surface area contributed by atoms with Gasteiger partial charge in [-0.25, -0.2) is 0 Å². The molecule has 1 aromatic carbocycles. The van der Waals surface area contributed by atoms with E-state index in [1.807, 2.05) is 6.07 Å². The smallest absolute Gasteiger partial charge is 0.344 e. The van der Waals surface area contributed by atoms with Crippen LogP contribution < -0.4 is 5.73 Å². The van der Waals surface area contributed by atoms with E-state index in [4.69, 9.17) is 5.73 Å². The standard InChI is InChI=1S/C13H13F3N2/c14-13(15,16)10-1-2-12-9(4-10)5-11-3-8(6-17)7-18(11)12/h1-2,4-5,8H,3,6-7,17H2. The second-order valence-electron chi connectivity index (χ2n) is 4.82. The minimum absolute atomic E-state index is 0.409. The van der Waals surface area contributed by atoms with E-state index in [0.29, 0.717) is 17.8 Å². The molecule has 2 heterocycles. The maximum absolute atomic E-state index is 12.6. The molecule has 1 unspecified atom stereocenters. The van der Waals surface area contributed by atoms with Crippen molar-refractivity contribution in [1.82, 2.24) is 4.57 Å². The quantitative estimate of drug-likeness (QED) is 0.833. The second kappa shape index (κ2) is 3.75. The highest BCUT2D eigenvalue weighted by molar-refractivity contribution is 5.82. The van der Waals surface area contributed by atoms with Crippen LogP contribution in [0.5, 0.6) is 0 Å². The Morgan fingerprint density at radius 1 is 1.28 bits per heavy atom. The Morgan fingerprint density at radius 3 is 2.72 bits per heavy atom. The fraction of sp³-hybridized carbons (Fsp3) is 0.385. The van der Waals surface area contributed by atoms with Crippen LogP contribution in [0.25, 0.3) is 10.9 Å². The SMILES string of the molecule is NCC1Cc2cc3cc(C(F)(F)F)ccc3n2C1. The van der Waals surface area contributed by atoms with Gasteiger partial charge in [-0.3, -0.25) is 0 Å². The van der Waals surface area contributed by atoms with E-state index in [9.17, 15) is 13.2 Å². The lowest BCUT2D eigenvalue weighted by Crippen LogP contribution is -2.15. The molecule has 1 aliphatic heterocycles. The fourth-order valence-corrected chi connectivity index (χ4v) is 2.67. The van der Waals surface area contributed by atoms with E-state index in [-0.39, 0.29) is 0 Å². The number of benzene rings is 1. The molecule has 1 atom stereocenters. The number of hydrogen-bond acceptors (Lipinski definition) is 1. The highest BCUT2D eigenvalue weighted by Gasteiger charge is 2.31. The minimum Gasteiger partial charge on any atom is -0.344 e. The van der Waals surface area contributed by atoms with Crippen molar-refractivity contribution in [2.45, 2.75) is 19.1 Å². The Labute approximate surface area is 102 Å². The molecule has 2 nitrogen and oxygen atoms in total. The first-order valence-electron chi connectivity index (χ1n) is 5.88. The molecule has 0 fully saturated rings. The molecule has 5 heteroatoms. The van der Waals surface area contributed by atoms with Crippen LogP contribution in [0, 0.1) is 5.92 Å². The first-order valence-corrected chi connectivity index (χ1v) is 5.88. The van der Waals surface area contributed by atoms with Crippen LogP contribution in [0.15, 0.2) is 24.3 Å². The van der Waals surface area contributed by atoms with Gasteiger partial charge in [-0.1, -0.05) is 0 Å². The molecular formula is C13H13F3N2. The van der Waals surface area contributed by atoms with E-state index in [2.05, 4.69) is 4.57 Å². The van der Waals surface area contributed by atoms with Gasteiger partial charge in [-0.2, -0.15) is 13.2 Å². The van der Waals surface area contributed by atoms with Crippen LogP contribution in [0.1, 0.15) is 11.3 Å². The summed E-state index contributed by atoms with van der Waals surface area (Å²) in [5.74, 6) is 0.409. The summed E-state index contributed by atoms with van der Waals surface area (Å²) < 4.78 is 39.9. The summed E-state index contributed by atoms with van der Waals surface area (Å²) >= 11 is 0. The van der Waals surface area contributed by atoms with Gasteiger partial charge in [0, 0.05) is 23.1 Å². The van der Waals surface area contributed by atoms with Crippen LogP contribution >= 0.6 is 0 Å². The van der Waals surface area contributed by atoms with E-state index in [1.54, 1.807) is 6.07 Å². The molecule has 1 aliphatic rings. The lowest BCUT2D eigenvalue weighted by Gasteiger charge is -2.08. The highest BCUT2D eigenvalue weighted by atomic mass is 19.4. The summed E-state index contributed by atoms with van der Waals surface area (Å²) in [6, 6.07) is 5.77. The number of fused-ring (bicyclic) bond motifs is 3. The van der Waals surface area contributed by atoms with Crippen LogP contribution in [0.4, 0.5) is 13.2 Å². The Morgan fingerprint density at radius 2 is 2.06 bits per heavy atom. The summed E-state index contributed by atoms with van der Waals surface area (Å²) in [5.41, 5.74) is 7.00. The summed E-state index contributed by atoms with van der Waals surface area (Å²) in [5, 5.41) is 0.662. The van der Waals surface area contributed by atoms with Crippen molar-refractivity contribution in [1.29, 1.82) is 0 Å². The third-order valence-corrected chi connectivity index (χ3v) is 3.59. The first kappa shape index (κ1) is 11.6. The summed E-state index contributed by atoms with van der Waals surface area (Å²) in [4.78, 5) is 0. The summed E-state index contributed by atoms with van der Waals surface area (Å²) in [7, 11) is 0. The minimum atomic E-state index is -4.28. The number of aromatic nitrogens is 1. The zero-order chi connectivity index (χ0) is 12.9. The van der Waals surface area contributed by atoms with Gasteiger partial charge in [0.25, 0.3) is 0 Å². The molecule has 0 saturated carbocycles. The predicted molar refractivity (Wildman–Crippen MR) is 63.2 cm³/mol. The molecule has 0 spiro atoms. The van der Waals surface area contributed by atoms with E-state index < -0.39 is 11.7 Å². The van der Waals surface area contributed by atoms with Crippen molar-refractivity contribution >= 4 is 10.9 Å². The van der Waals surface area contributed by atoms with Gasteiger partial charge in [0.1, 0.15) is 0 Å². The maximum atomic E-state index is 12.6. The zero-order valence-corrected chi connectivity index (χ0v) is 9.67. The van der Waals surface area contributed by atoms with Gasteiger partial charge in [0.15, 0.2) is 0 Å². The monoisotopic (exact) mass is 254 g/mol. The molecule has 0 aliphatic carbocycles. The fourth-order valence-electron chi connectivity index (χ4n) is 2.67. The van der Waals surface area contributed by atoms with Crippen molar-refractivity contribution in [2.24, 2.45) is 11.7 Å². The van der Waals surface area contributed by atoms with Crippen LogP contribution in [0.3, 0.4) is 0 Å². The van der Waals surface area contributed by atoms with E-state index in [0.717, 1.165) is 30.2 Å². The van der Waals surface area contributed by atoms with Crippen molar-refractivity contribution in [3.63, 3.8) is 0 Å².